The first-order valence-electron chi connectivity index (χ1n) is 3.60. The third kappa shape index (κ3) is 1.99. The maximum absolute atomic E-state index is 10.8. The van der Waals surface area contributed by atoms with Crippen LogP contribution in [0.25, 0.3) is 0 Å². The van der Waals surface area contributed by atoms with Crippen LogP contribution in [-0.4, -0.2) is 18.1 Å². The molecule has 0 aromatic heterocycles. The first-order valence-corrected chi connectivity index (χ1v) is 5.04. The van der Waals surface area contributed by atoms with E-state index in [1.165, 1.54) is 6.07 Å². The summed E-state index contributed by atoms with van der Waals surface area (Å²) in [5.74, 6) is -0.395. The minimum atomic E-state index is -4.33. The van der Waals surface area contributed by atoms with Gasteiger partial charge >= 0.3 is 0 Å². The number of aryl methyl sites for hydroxylation is 2. The topological polar surface area (TPSA) is 74.6 Å². The van der Waals surface area contributed by atoms with E-state index in [-0.39, 0.29) is 0 Å². The third-order valence-corrected chi connectivity index (χ3v) is 2.55. The number of hydrogen-bond acceptors (Lipinski definition) is 3. The second-order valence-corrected chi connectivity index (χ2v) is 4.29. The van der Waals surface area contributed by atoms with E-state index in [2.05, 4.69) is 0 Å². The molecular formula is C8H10O4S. The zero-order valence-corrected chi connectivity index (χ0v) is 8.09. The zero-order valence-electron chi connectivity index (χ0n) is 7.27. The minimum Gasteiger partial charge on any atom is -0.506 e. The molecule has 0 saturated carbocycles. The Morgan fingerprint density at radius 1 is 1.23 bits per heavy atom. The smallest absolute Gasteiger partial charge is 0.298 e. The van der Waals surface area contributed by atoms with Crippen molar-refractivity contribution in [3.8, 4) is 5.75 Å². The Kier molecular flexibility index (Phi) is 2.32. The van der Waals surface area contributed by atoms with Crippen LogP contribution in [0.15, 0.2) is 17.0 Å². The number of aromatic hydroxyl groups is 1. The average Bonchev–Trinajstić information content (AvgIpc) is 1.94. The summed E-state index contributed by atoms with van der Waals surface area (Å²) in [7, 11) is -4.33. The van der Waals surface area contributed by atoms with E-state index in [1.807, 2.05) is 0 Å². The molecule has 2 N–H and O–H groups in total. The van der Waals surface area contributed by atoms with E-state index in [9.17, 15) is 13.5 Å². The predicted molar refractivity (Wildman–Crippen MR) is 47.4 cm³/mol. The fraction of sp³-hybridized carbons (Fsp3) is 0.250. The molecule has 0 atom stereocenters. The summed E-state index contributed by atoms with van der Waals surface area (Å²) in [5, 5.41) is 9.32. The molecule has 0 saturated heterocycles. The van der Waals surface area contributed by atoms with Gasteiger partial charge in [0.25, 0.3) is 10.1 Å². The van der Waals surface area contributed by atoms with Gasteiger partial charge in [0.1, 0.15) is 10.6 Å². The van der Waals surface area contributed by atoms with Crippen molar-refractivity contribution in [3.05, 3.63) is 23.3 Å². The summed E-state index contributed by atoms with van der Waals surface area (Å²) in [4.78, 5) is -0.440. The molecule has 0 bridgehead atoms. The monoisotopic (exact) mass is 202 g/mol. The van der Waals surface area contributed by atoms with Crippen LogP contribution in [0.3, 0.4) is 0 Å². The van der Waals surface area contributed by atoms with Crippen LogP contribution >= 0.6 is 0 Å². The van der Waals surface area contributed by atoms with Crippen molar-refractivity contribution in [1.29, 1.82) is 0 Å². The highest BCUT2D eigenvalue weighted by molar-refractivity contribution is 7.86. The van der Waals surface area contributed by atoms with E-state index >= 15 is 0 Å². The van der Waals surface area contributed by atoms with Gasteiger partial charge in [-0.2, -0.15) is 8.42 Å². The van der Waals surface area contributed by atoms with Crippen LogP contribution in [0.4, 0.5) is 0 Å². The molecule has 13 heavy (non-hydrogen) atoms. The first kappa shape index (κ1) is 10.0. The fourth-order valence-electron chi connectivity index (χ4n) is 1.12. The molecule has 0 fully saturated rings. The van der Waals surface area contributed by atoms with E-state index in [0.717, 1.165) is 0 Å². The van der Waals surface area contributed by atoms with Gasteiger partial charge in [0, 0.05) is 0 Å². The van der Waals surface area contributed by atoms with Crippen LogP contribution in [0.1, 0.15) is 11.1 Å². The van der Waals surface area contributed by atoms with Crippen LogP contribution in [0.2, 0.25) is 0 Å². The molecule has 0 amide bonds. The Balaban J connectivity index is 3.56. The lowest BCUT2D eigenvalue weighted by molar-refractivity contribution is 0.440. The number of phenolic OH excluding ortho intramolecular Hbond substituents is 1. The summed E-state index contributed by atoms with van der Waals surface area (Å²) < 4.78 is 30.2. The highest BCUT2D eigenvalue weighted by Gasteiger charge is 2.16. The van der Waals surface area contributed by atoms with Crippen molar-refractivity contribution in [2.24, 2.45) is 0 Å². The largest absolute Gasteiger partial charge is 0.506 e. The van der Waals surface area contributed by atoms with Gasteiger partial charge in [-0.15, -0.1) is 0 Å². The van der Waals surface area contributed by atoms with E-state index in [0.29, 0.717) is 11.1 Å². The molecule has 1 aromatic carbocycles. The van der Waals surface area contributed by atoms with Crippen LogP contribution in [0, 0.1) is 13.8 Å². The van der Waals surface area contributed by atoms with Gasteiger partial charge in [0.15, 0.2) is 0 Å². The molecule has 0 aliphatic heterocycles. The molecule has 0 radical (unpaired) electrons. The molecule has 0 aliphatic rings. The van der Waals surface area contributed by atoms with Crippen LogP contribution in [-0.2, 0) is 10.1 Å². The molecular weight excluding hydrogens is 192 g/mol. The maximum Gasteiger partial charge on any atom is 0.298 e. The minimum absolute atomic E-state index is 0.395. The van der Waals surface area contributed by atoms with Crippen molar-refractivity contribution >= 4 is 10.1 Å². The number of benzene rings is 1. The van der Waals surface area contributed by atoms with Gasteiger partial charge in [0.2, 0.25) is 0 Å². The normalized spacial score (nSPS) is 11.6. The lowest BCUT2D eigenvalue weighted by Crippen LogP contribution is -2.00. The molecule has 5 heteroatoms. The Bertz CT molecular complexity index is 434. The van der Waals surface area contributed by atoms with Gasteiger partial charge in [0.05, 0.1) is 0 Å². The van der Waals surface area contributed by atoms with E-state index < -0.39 is 20.8 Å². The van der Waals surface area contributed by atoms with Gasteiger partial charge in [-0.1, -0.05) is 6.07 Å². The Hall–Kier alpha value is -1.07. The Morgan fingerprint density at radius 3 is 2.23 bits per heavy atom. The van der Waals surface area contributed by atoms with Gasteiger partial charge in [-0.25, -0.2) is 0 Å². The summed E-state index contributed by atoms with van der Waals surface area (Å²) >= 11 is 0. The molecule has 0 unspecified atom stereocenters. The summed E-state index contributed by atoms with van der Waals surface area (Å²) in [6.45, 7) is 3.25. The molecule has 0 aliphatic carbocycles. The lowest BCUT2D eigenvalue weighted by atomic mass is 10.1. The molecule has 1 aromatic rings. The standard InChI is InChI=1S/C8H10O4S/c1-5-3-6(2)8(9)7(4-5)13(10,11)12/h3-4,9H,1-2H3,(H,10,11,12). The molecule has 0 spiro atoms. The van der Waals surface area contributed by atoms with Gasteiger partial charge < -0.3 is 5.11 Å². The van der Waals surface area contributed by atoms with Crippen molar-refractivity contribution in [2.75, 3.05) is 0 Å². The van der Waals surface area contributed by atoms with E-state index in [4.69, 9.17) is 4.55 Å². The third-order valence-electron chi connectivity index (χ3n) is 1.69. The van der Waals surface area contributed by atoms with E-state index in [1.54, 1.807) is 19.9 Å². The van der Waals surface area contributed by atoms with Crippen molar-refractivity contribution < 1.29 is 18.1 Å². The SMILES string of the molecule is Cc1cc(C)c(O)c(S(=O)(=O)O)c1. The second-order valence-electron chi connectivity index (χ2n) is 2.90. The van der Waals surface area contributed by atoms with Crippen molar-refractivity contribution in [1.82, 2.24) is 0 Å². The summed E-state index contributed by atoms with van der Waals surface area (Å²) in [6, 6.07) is 2.85. The molecule has 1 rings (SSSR count). The molecule has 0 heterocycles. The average molecular weight is 202 g/mol. The maximum atomic E-state index is 10.8. The Morgan fingerprint density at radius 2 is 1.77 bits per heavy atom. The number of rotatable bonds is 1. The lowest BCUT2D eigenvalue weighted by Gasteiger charge is -2.05. The van der Waals surface area contributed by atoms with Gasteiger partial charge in [-0.3, -0.25) is 4.55 Å². The fourth-order valence-corrected chi connectivity index (χ4v) is 1.86. The van der Waals surface area contributed by atoms with Crippen molar-refractivity contribution in [2.45, 2.75) is 18.7 Å². The number of hydrogen-bond donors (Lipinski definition) is 2. The number of phenols is 1. The highest BCUT2D eigenvalue weighted by atomic mass is 32.2. The summed E-state index contributed by atoms with van der Waals surface area (Å²) in [5.41, 5.74) is 1.09. The zero-order chi connectivity index (χ0) is 10.2. The van der Waals surface area contributed by atoms with Crippen LogP contribution in [0.5, 0.6) is 5.75 Å². The summed E-state index contributed by atoms with van der Waals surface area (Å²) in [6.07, 6.45) is 0. The highest BCUT2D eigenvalue weighted by Crippen LogP contribution is 2.27. The first-order chi connectivity index (χ1) is 5.82. The molecule has 72 valence electrons. The van der Waals surface area contributed by atoms with Crippen molar-refractivity contribution in [3.63, 3.8) is 0 Å². The van der Waals surface area contributed by atoms with Gasteiger partial charge in [-0.05, 0) is 31.0 Å². The van der Waals surface area contributed by atoms with Crippen LogP contribution < -0.4 is 0 Å². The quantitative estimate of drug-likeness (QED) is 0.672. The molecule has 4 nitrogen and oxygen atoms in total. The second kappa shape index (κ2) is 3.01. The Labute approximate surface area is 76.6 Å². The predicted octanol–water partition coefficient (Wildman–Crippen LogP) is 1.26.